The quantitative estimate of drug-likeness (QED) is 0.430. The van der Waals surface area contributed by atoms with Gasteiger partial charge in [-0.25, -0.2) is 0 Å². The second-order valence-corrected chi connectivity index (χ2v) is 9.84. The highest BCUT2D eigenvalue weighted by atomic mass is 35.5. The van der Waals surface area contributed by atoms with E-state index in [-0.39, 0.29) is 18.4 Å². The van der Waals surface area contributed by atoms with Crippen LogP contribution in [0.1, 0.15) is 28.4 Å². The molecule has 0 radical (unpaired) electrons. The Hall–Kier alpha value is -3.77. The van der Waals surface area contributed by atoms with Crippen LogP contribution in [0.5, 0.6) is 5.75 Å². The van der Waals surface area contributed by atoms with Gasteiger partial charge in [-0.15, -0.1) is 0 Å². The molecule has 0 bridgehead atoms. The molecular weight excluding hydrogens is 474 g/mol. The van der Waals surface area contributed by atoms with Crippen LogP contribution in [0, 0.1) is 0 Å². The minimum absolute atomic E-state index is 0.00705. The molecule has 1 N–H and O–H groups in total. The molecule has 3 aromatic carbocycles. The molecule has 0 aliphatic carbocycles. The first-order valence-corrected chi connectivity index (χ1v) is 12.5. The van der Waals surface area contributed by atoms with E-state index in [2.05, 4.69) is 11.1 Å². The van der Waals surface area contributed by atoms with E-state index in [1.54, 1.807) is 16.9 Å². The van der Waals surface area contributed by atoms with Crippen molar-refractivity contribution in [3.05, 3.63) is 100 Å². The summed E-state index contributed by atoms with van der Waals surface area (Å²) >= 11 is 6.01. The number of H-pyrrole nitrogens is 1. The number of para-hydroxylation sites is 1. The van der Waals surface area contributed by atoms with Crippen LogP contribution in [-0.2, 0) is 22.4 Å². The van der Waals surface area contributed by atoms with Crippen LogP contribution in [0.15, 0.2) is 72.8 Å². The van der Waals surface area contributed by atoms with E-state index >= 15 is 0 Å². The second-order valence-electron chi connectivity index (χ2n) is 9.40. The number of ether oxygens (including phenoxy) is 1. The fourth-order valence-electron chi connectivity index (χ4n) is 5.59. The lowest BCUT2D eigenvalue weighted by Gasteiger charge is -2.47. The third kappa shape index (κ3) is 3.82. The maximum Gasteiger partial charge on any atom is 0.246 e. The van der Waals surface area contributed by atoms with Crippen molar-refractivity contribution >= 4 is 34.3 Å². The van der Waals surface area contributed by atoms with Crippen molar-refractivity contribution in [2.24, 2.45) is 0 Å². The first-order chi connectivity index (χ1) is 17.5. The van der Waals surface area contributed by atoms with Crippen molar-refractivity contribution in [2.75, 3.05) is 20.2 Å². The zero-order valence-corrected chi connectivity index (χ0v) is 20.7. The van der Waals surface area contributed by atoms with Gasteiger partial charge in [0.1, 0.15) is 11.8 Å². The van der Waals surface area contributed by atoms with Crippen LogP contribution < -0.4 is 4.74 Å². The van der Waals surface area contributed by atoms with Gasteiger partial charge in [-0.1, -0.05) is 54.1 Å². The first-order valence-electron chi connectivity index (χ1n) is 12.1. The van der Waals surface area contributed by atoms with Crippen molar-refractivity contribution in [1.82, 2.24) is 14.8 Å². The molecule has 182 valence electrons. The Bertz CT molecular complexity index is 1460. The summed E-state index contributed by atoms with van der Waals surface area (Å²) in [7, 11) is 1.63. The van der Waals surface area contributed by atoms with E-state index < -0.39 is 12.1 Å². The molecule has 4 aromatic rings. The van der Waals surface area contributed by atoms with Gasteiger partial charge in [-0.2, -0.15) is 0 Å². The number of hydrogen-bond donors (Lipinski definition) is 1. The summed E-state index contributed by atoms with van der Waals surface area (Å²) in [6.45, 7) is 0.556. The smallest absolute Gasteiger partial charge is 0.246 e. The predicted molar refractivity (Wildman–Crippen MR) is 139 cm³/mol. The summed E-state index contributed by atoms with van der Waals surface area (Å²) in [5.41, 5.74) is 5.08. The number of aromatic amines is 1. The molecule has 2 amide bonds. The molecule has 2 aliphatic heterocycles. The van der Waals surface area contributed by atoms with Crippen LogP contribution in [-0.4, -0.2) is 52.8 Å². The fourth-order valence-corrected chi connectivity index (χ4v) is 5.71. The Kier molecular flexibility index (Phi) is 5.69. The summed E-state index contributed by atoms with van der Waals surface area (Å²) in [6.07, 6.45) is 1.16. The molecule has 2 atom stereocenters. The first kappa shape index (κ1) is 22.7. The molecule has 3 heterocycles. The zero-order valence-electron chi connectivity index (χ0n) is 19.9. The van der Waals surface area contributed by atoms with Crippen LogP contribution in [0.25, 0.3) is 10.9 Å². The van der Waals surface area contributed by atoms with Gasteiger partial charge < -0.3 is 19.5 Å². The monoisotopic (exact) mass is 499 g/mol. The third-order valence-electron chi connectivity index (χ3n) is 7.34. The molecule has 6 nitrogen and oxygen atoms in total. The average Bonchev–Trinajstić information content (AvgIpc) is 3.28. The van der Waals surface area contributed by atoms with Crippen LogP contribution in [0.3, 0.4) is 0 Å². The van der Waals surface area contributed by atoms with E-state index in [0.29, 0.717) is 30.2 Å². The Morgan fingerprint density at radius 2 is 1.83 bits per heavy atom. The molecule has 1 aromatic heterocycles. The highest BCUT2D eigenvalue weighted by Crippen LogP contribution is 2.43. The Labute approximate surface area is 214 Å². The van der Waals surface area contributed by atoms with Gasteiger partial charge in [-0.05, 0) is 53.4 Å². The molecular formula is C29H26ClN3O3. The van der Waals surface area contributed by atoms with E-state index in [4.69, 9.17) is 16.3 Å². The van der Waals surface area contributed by atoms with Gasteiger partial charge in [0.05, 0.1) is 19.7 Å². The van der Waals surface area contributed by atoms with Gasteiger partial charge in [0.25, 0.3) is 0 Å². The van der Waals surface area contributed by atoms with Crippen LogP contribution >= 0.6 is 11.6 Å². The van der Waals surface area contributed by atoms with Crippen molar-refractivity contribution < 1.29 is 14.3 Å². The Morgan fingerprint density at radius 1 is 1.03 bits per heavy atom. The summed E-state index contributed by atoms with van der Waals surface area (Å²) in [5, 5.41) is 1.78. The number of methoxy groups -OCH3 is 1. The molecule has 7 heteroatoms. The zero-order chi connectivity index (χ0) is 24.8. The highest BCUT2D eigenvalue weighted by Gasteiger charge is 2.48. The second kappa shape index (κ2) is 9.03. The number of nitrogens with one attached hydrogen (secondary N) is 1. The molecule has 0 saturated carbocycles. The standard InChI is InChI=1S/C29H26ClN3O3/c1-36-21-6-4-5-19(15-21)28-27-23(22-7-2-3-8-24(22)31-27)16-25-29(35)32(17-26(34)33(25)28)14-13-18-9-11-20(30)12-10-18/h2-12,15,25,28,31H,13-14,16-17H2,1H3. The number of halogens is 1. The lowest BCUT2D eigenvalue weighted by molar-refractivity contribution is -0.158. The van der Waals surface area contributed by atoms with Crippen molar-refractivity contribution in [3.63, 3.8) is 0 Å². The molecule has 6 rings (SSSR count). The topological polar surface area (TPSA) is 65.6 Å². The SMILES string of the molecule is COc1cccc(C2c3[nH]c4ccccc4c3CC3C(=O)N(CCc4ccc(Cl)cc4)CC(=O)N32)c1. The number of piperazine rings is 1. The number of carbonyl (C=O) groups is 2. The Morgan fingerprint density at radius 3 is 2.64 bits per heavy atom. The maximum atomic E-state index is 13.8. The maximum absolute atomic E-state index is 13.8. The lowest BCUT2D eigenvalue weighted by atomic mass is 9.86. The number of amides is 2. The molecule has 1 fully saturated rings. The Balaban J connectivity index is 1.39. The van der Waals surface area contributed by atoms with E-state index in [9.17, 15) is 9.59 Å². The number of carbonyl (C=O) groups excluding carboxylic acids is 2. The molecule has 36 heavy (non-hydrogen) atoms. The number of aromatic nitrogens is 1. The fraction of sp³-hybridized carbons (Fsp3) is 0.241. The minimum atomic E-state index is -0.556. The summed E-state index contributed by atoms with van der Waals surface area (Å²) in [5.74, 6) is 0.660. The lowest BCUT2D eigenvalue weighted by Crippen LogP contribution is -2.63. The number of nitrogens with zero attached hydrogens (tertiary/aromatic N) is 2. The van der Waals surface area contributed by atoms with Gasteiger partial charge in [0.2, 0.25) is 11.8 Å². The third-order valence-corrected chi connectivity index (χ3v) is 7.59. The summed E-state index contributed by atoms with van der Waals surface area (Å²) in [6, 6.07) is 22.5. The van der Waals surface area contributed by atoms with Crippen molar-refractivity contribution in [2.45, 2.75) is 24.9 Å². The molecule has 2 aliphatic rings. The predicted octanol–water partition coefficient (Wildman–Crippen LogP) is 4.76. The van der Waals surface area contributed by atoms with E-state index in [0.717, 1.165) is 33.3 Å². The summed E-state index contributed by atoms with van der Waals surface area (Å²) < 4.78 is 5.48. The van der Waals surface area contributed by atoms with Gasteiger partial charge in [-0.3, -0.25) is 9.59 Å². The van der Waals surface area contributed by atoms with Gasteiger partial charge >= 0.3 is 0 Å². The van der Waals surface area contributed by atoms with Gasteiger partial charge in [0.15, 0.2) is 0 Å². The van der Waals surface area contributed by atoms with E-state index in [1.807, 2.05) is 66.7 Å². The number of benzene rings is 3. The number of rotatable bonds is 5. The van der Waals surface area contributed by atoms with Crippen molar-refractivity contribution in [3.8, 4) is 5.75 Å². The van der Waals surface area contributed by atoms with Crippen LogP contribution in [0.4, 0.5) is 0 Å². The van der Waals surface area contributed by atoms with Crippen molar-refractivity contribution in [1.29, 1.82) is 0 Å². The molecule has 0 spiro atoms. The molecule has 2 unspecified atom stereocenters. The number of fused-ring (bicyclic) bond motifs is 4. The largest absolute Gasteiger partial charge is 0.497 e. The van der Waals surface area contributed by atoms with Crippen LogP contribution in [0.2, 0.25) is 5.02 Å². The highest BCUT2D eigenvalue weighted by molar-refractivity contribution is 6.30. The normalized spacial score (nSPS) is 19.4. The number of hydrogen-bond acceptors (Lipinski definition) is 3. The van der Waals surface area contributed by atoms with E-state index in [1.165, 1.54) is 0 Å². The molecule has 1 saturated heterocycles. The average molecular weight is 500 g/mol. The minimum Gasteiger partial charge on any atom is -0.497 e. The summed E-state index contributed by atoms with van der Waals surface area (Å²) in [4.78, 5) is 34.6. The van der Waals surface area contributed by atoms with Gasteiger partial charge in [0, 0.05) is 34.6 Å².